The third-order valence-electron chi connectivity index (χ3n) is 2.50. The molecule has 1 atom stereocenters. The summed E-state index contributed by atoms with van der Waals surface area (Å²) in [5, 5.41) is 12.0. The van der Waals surface area contributed by atoms with Crippen molar-refractivity contribution in [3.8, 4) is 0 Å². The minimum atomic E-state index is -0.434. The molecule has 0 fully saturated rings. The van der Waals surface area contributed by atoms with Gasteiger partial charge in [0.05, 0.1) is 6.10 Å². The number of hydrogen-bond donors (Lipinski definition) is 2. The van der Waals surface area contributed by atoms with Gasteiger partial charge in [0.25, 0.3) is 0 Å². The fourth-order valence-corrected chi connectivity index (χ4v) is 1.68. The van der Waals surface area contributed by atoms with Crippen molar-refractivity contribution >= 4 is 11.6 Å². The number of nitrogens with zero attached hydrogens (tertiary/aromatic N) is 1. The maximum Gasteiger partial charge on any atom is 0.224 e. The van der Waals surface area contributed by atoms with Gasteiger partial charge in [-0.3, -0.25) is 4.79 Å². The molecule has 0 aliphatic heterocycles. The minimum Gasteiger partial charge on any atom is -0.393 e. The maximum atomic E-state index is 11.6. The number of hydrogen-bond acceptors (Lipinski definition) is 3. The molecule has 4 nitrogen and oxygen atoms in total. The zero-order valence-corrected chi connectivity index (χ0v) is 11.3. The van der Waals surface area contributed by atoms with Crippen molar-refractivity contribution in [1.29, 1.82) is 0 Å². The molecular weight excluding hydrogens is 228 g/mol. The van der Waals surface area contributed by atoms with Crippen LogP contribution in [0.3, 0.4) is 0 Å². The van der Waals surface area contributed by atoms with Crippen LogP contribution in [0.5, 0.6) is 0 Å². The first-order valence-electron chi connectivity index (χ1n) is 6.19. The summed E-state index contributed by atoms with van der Waals surface area (Å²) in [5.41, 5.74) is 1.97. The zero-order chi connectivity index (χ0) is 13.5. The minimum absolute atomic E-state index is 0.0575. The summed E-state index contributed by atoms with van der Waals surface area (Å²) in [4.78, 5) is 13.7. The lowest BCUT2D eigenvalue weighted by Gasteiger charge is -2.11. The Hall–Kier alpha value is -1.39. The summed E-state index contributed by atoms with van der Waals surface area (Å²) in [6.07, 6.45) is 0.398. The van der Waals surface area contributed by atoms with E-state index in [9.17, 15) is 4.79 Å². The van der Waals surface area contributed by atoms with Crippen LogP contribution in [0.1, 0.15) is 25.3 Å². The predicted molar refractivity (Wildman–Crippen MR) is 73.4 cm³/mol. The first kappa shape index (κ1) is 14.7. The first-order chi connectivity index (χ1) is 8.47. The van der Waals surface area contributed by atoms with Gasteiger partial charge >= 0.3 is 0 Å². The SMILES string of the molecule is CC(O)CCC(=O)Nc1cccc(CN(C)C)c1. The van der Waals surface area contributed by atoms with Gasteiger partial charge in [-0.1, -0.05) is 12.1 Å². The average molecular weight is 250 g/mol. The summed E-state index contributed by atoms with van der Waals surface area (Å²) < 4.78 is 0. The lowest BCUT2D eigenvalue weighted by atomic mass is 10.1. The molecule has 1 rings (SSSR count). The highest BCUT2D eigenvalue weighted by Crippen LogP contribution is 2.12. The zero-order valence-electron chi connectivity index (χ0n) is 11.3. The molecule has 1 aromatic rings. The van der Waals surface area contributed by atoms with Crippen LogP contribution in [-0.2, 0) is 11.3 Å². The van der Waals surface area contributed by atoms with Gasteiger partial charge in [-0.25, -0.2) is 0 Å². The van der Waals surface area contributed by atoms with Crippen molar-refractivity contribution in [2.45, 2.75) is 32.4 Å². The lowest BCUT2D eigenvalue weighted by Crippen LogP contribution is -2.15. The van der Waals surface area contributed by atoms with E-state index in [0.717, 1.165) is 17.8 Å². The Balaban J connectivity index is 2.53. The van der Waals surface area contributed by atoms with Gasteiger partial charge in [-0.15, -0.1) is 0 Å². The molecule has 0 radical (unpaired) electrons. The highest BCUT2D eigenvalue weighted by molar-refractivity contribution is 5.90. The Morgan fingerprint density at radius 1 is 1.44 bits per heavy atom. The highest BCUT2D eigenvalue weighted by atomic mass is 16.3. The summed E-state index contributed by atoms with van der Waals surface area (Å²) in [5.74, 6) is -0.0575. The summed E-state index contributed by atoms with van der Waals surface area (Å²) >= 11 is 0. The predicted octanol–water partition coefficient (Wildman–Crippen LogP) is 1.85. The molecule has 0 aliphatic rings. The number of rotatable bonds is 6. The van der Waals surface area contributed by atoms with Crippen LogP contribution in [-0.4, -0.2) is 36.1 Å². The molecular formula is C14H22N2O2. The van der Waals surface area contributed by atoms with Gasteiger partial charge < -0.3 is 15.3 Å². The third kappa shape index (κ3) is 5.80. The molecule has 18 heavy (non-hydrogen) atoms. The topological polar surface area (TPSA) is 52.6 Å². The van der Waals surface area contributed by atoms with E-state index in [0.29, 0.717) is 12.8 Å². The van der Waals surface area contributed by atoms with Crippen LogP contribution in [0.2, 0.25) is 0 Å². The summed E-state index contributed by atoms with van der Waals surface area (Å²) in [7, 11) is 4.02. The molecule has 1 amide bonds. The van der Waals surface area contributed by atoms with Gasteiger partial charge in [-0.2, -0.15) is 0 Å². The molecule has 0 saturated carbocycles. The molecule has 0 aromatic heterocycles. The van der Waals surface area contributed by atoms with E-state index >= 15 is 0 Å². The van der Waals surface area contributed by atoms with Crippen LogP contribution in [0.4, 0.5) is 5.69 Å². The van der Waals surface area contributed by atoms with Gasteiger partial charge in [0.2, 0.25) is 5.91 Å². The van der Waals surface area contributed by atoms with Crippen molar-refractivity contribution in [1.82, 2.24) is 4.90 Å². The van der Waals surface area contributed by atoms with Crippen LogP contribution >= 0.6 is 0 Å². The Morgan fingerprint density at radius 3 is 2.78 bits per heavy atom. The molecule has 4 heteroatoms. The number of carbonyl (C=O) groups is 1. The van der Waals surface area contributed by atoms with Crippen molar-refractivity contribution < 1.29 is 9.90 Å². The van der Waals surface area contributed by atoms with Crippen molar-refractivity contribution in [2.75, 3.05) is 19.4 Å². The molecule has 2 N–H and O–H groups in total. The molecule has 1 aromatic carbocycles. The van der Waals surface area contributed by atoms with E-state index < -0.39 is 6.10 Å². The van der Waals surface area contributed by atoms with Crippen molar-refractivity contribution in [3.05, 3.63) is 29.8 Å². The number of amides is 1. The van der Waals surface area contributed by atoms with Crippen molar-refractivity contribution in [2.24, 2.45) is 0 Å². The molecule has 0 bridgehead atoms. The van der Waals surface area contributed by atoms with E-state index in [1.165, 1.54) is 0 Å². The van der Waals surface area contributed by atoms with Gasteiger partial charge in [-0.05, 0) is 45.1 Å². The van der Waals surface area contributed by atoms with Crippen molar-refractivity contribution in [3.63, 3.8) is 0 Å². The number of carbonyl (C=O) groups excluding carboxylic acids is 1. The van der Waals surface area contributed by atoms with Gasteiger partial charge in [0.1, 0.15) is 0 Å². The second-order valence-corrected chi connectivity index (χ2v) is 4.87. The molecule has 0 aliphatic carbocycles. The van der Waals surface area contributed by atoms with E-state index in [2.05, 4.69) is 10.2 Å². The molecule has 0 heterocycles. The maximum absolute atomic E-state index is 11.6. The fourth-order valence-electron chi connectivity index (χ4n) is 1.68. The standard InChI is InChI=1S/C14H22N2O2/c1-11(17)7-8-14(18)15-13-6-4-5-12(9-13)10-16(2)3/h4-6,9,11,17H,7-8,10H2,1-3H3,(H,15,18). The Labute approximate surface area is 109 Å². The van der Waals surface area contributed by atoms with Gasteiger partial charge in [0.15, 0.2) is 0 Å². The molecule has 0 saturated heterocycles. The number of aliphatic hydroxyl groups excluding tert-OH is 1. The van der Waals surface area contributed by atoms with Crippen LogP contribution < -0.4 is 5.32 Å². The smallest absolute Gasteiger partial charge is 0.224 e. The summed E-state index contributed by atoms with van der Waals surface area (Å²) in [6.45, 7) is 2.53. The highest BCUT2D eigenvalue weighted by Gasteiger charge is 2.05. The van der Waals surface area contributed by atoms with Crippen LogP contribution in [0.25, 0.3) is 0 Å². The van der Waals surface area contributed by atoms with E-state index in [4.69, 9.17) is 5.11 Å². The molecule has 1 unspecified atom stereocenters. The lowest BCUT2D eigenvalue weighted by molar-refractivity contribution is -0.116. The van der Waals surface area contributed by atoms with E-state index in [1.807, 2.05) is 38.4 Å². The Bertz CT molecular complexity index is 389. The Kier molecular flexibility index (Phi) is 5.82. The second kappa shape index (κ2) is 7.13. The fraction of sp³-hybridized carbons (Fsp3) is 0.500. The first-order valence-corrected chi connectivity index (χ1v) is 6.19. The third-order valence-corrected chi connectivity index (χ3v) is 2.50. The summed E-state index contributed by atoms with van der Waals surface area (Å²) in [6, 6.07) is 7.81. The second-order valence-electron chi connectivity index (χ2n) is 4.87. The largest absolute Gasteiger partial charge is 0.393 e. The van der Waals surface area contributed by atoms with Gasteiger partial charge in [0, 0.05) is 18.7 Å². The normalized spacial score (nSPS) is 12.5. The van der Waals surface area contributed by atoms with Crippen LogP contribution in [0.15, 0.2) is 24.3 Å². The number of anilines is 1. The number of nitrogens with one attached hydrogen (secondary N) is 1. The monoisotopic (exact) mass is 250 g/mol. The molecule has 0 spiro atoms. The molecule has 100 valence electrons. The quantitative estimate of drug-likeness (QED) is 0.810. The Morgan fingerprint density at radius 2 is 2.17 bits per heavy atom. The average Bonchev–Trinajstić information content (AvgIpc) is 2.26. The van der Waals surface area contributed by atoms with Crippen LogP contribution in [0, 0.1) is 0 Å². The van der Waals surface area contributed by atoms with E-state index in [1.54, 1.807) is 6.92 Å². The number of aliphatic hydroxyl groups is 1. The number of benzene rings is 1. The van der Waals surface area contributed by atoms with E-state index in [-0.39, 0.29) is 5.91 Å².